The lowest BCUT2D eigenvalue weighted by atomic mass is 9.94. The summed E-state index contributed by atoms with van der Waals surface area (Å²) in [5, 5.41) is 3.01. The minimum Gasteiger partial charge on any atom is -0.338 e. The first-order valence-electron chi connectivity index (χ1n) is 6.73. The van der Waals surface area contributed by atoms with Crippen LogP contribution in [0, 0.1) is 11.8 Å². The van der Waals surface area contributed by atoms with E-state index in [1.807, 2.05) is 11.9 Å². The van der Waals surface area contributed by atoms with Crippen LogP contribution < -0.4 is 5.32 Å². The summed E-state index contributed by atoms with van der Waals surface area (Å²) in [5.41, 5.74) is 0. The zero-order valence-corrected chi connectivity index (χ0v) is 10.5. The molecule has 2 aliphatic rings. The molecule has 2 fully saturated rings. The summed E-state index contributed by atoms with van der Waals surface area (Å²) >= 11 is 0. The van der Waals surface area contributed by atoms with Gasteiger partial charge in [0.15, 0.2) is 0 Å². The topological polar surface area (TPSA) is 32.3 Å². The van der Waals surface area contributed by atoms with Crippen LogP contribution in [0.25, 0.3) is 0 Å². The van der Waals surface area contributed by atoms with Gasteiger partial charge in [-0.3, -0.25) is 0 Å². The molecule has 1 N–H and O–H groups in total. The van der Waals surface area contributed by atoms with Gasteiger partial charge >= 0.3 is 6.03 Å². The van der Waals surface area contributed by atoms with Crippen LogP contribution in [0.5, 0.6) is 0 Å². The van der Waals surface area contributed by atoms with E-state index in [4.69, 9.17) is 0 Å². The van der Waals surface area contributed by atoms with E-state index < -0.39 is 0 Å². The first kappa shape index (κ1) is 11.7. The third kappa shape index (κ3) is 2.33. The van der Waals surface area contributed by atoms with E-state index in [9.17, 15) is 4.79 Å². The van der Waals surface area contributed by atoms with Crippen molar-refractivity contribution in [1.29, 1.82) is 0 Å². The third-order valence-corrected chi connectivity index (χ3v) is 4.33. The Kier molecular flexibility index (Phi) is 3.72. The summed E-state index contributed by atoms with van der Waals surface area (Å²) in [5.74, 6) is 1.69. The molecule has 2 aliphatic carbocycles. The van der Waals surface area contributed by atoms with Gasteiger partial charge < -0.3 is 10.2 Å². The normalized spacial score (nSPS) is 31.8. The summed E-state index contributed by atoms with van der Waals surface area (Å²) in [4.78, 5) is 13.9. The van der Waals surface area contributed by atoms with Crippen LogP contribution in [0.15, 0.2) is 0 Å². The smallest absolute Gasteiger partial charge is 0.317 e. The Morgan fingerprint density at radius 3 is 2.75 bits per heavy atom. The lowest BCUT2D eigenvalue weighted by Gasteiger charge is -2.31. The van der Waals surface area contributed by atoms with Crippen molar-refractivity contribution >= 4 is 6.03 Å². The van der Waals surface area contributed by atoms with Gasteiger partial charge in [0.2, 0.25) is 0 Å². The van der Waals surface area contributed by atoms with E-state index in [1.54, 1.807) is 0 Å². The van der Waals surface area contributed by atoms with E-state index in [1.165, 1.54) is 25.7 Å². The van der Waals surface area contributed by atoms with Gasteiger partial charge in [0.1, 0.15) is 0 Å². The zero-order chi connectivity index (χ0) is 11.5. The Balaban J connectivity index is 1.78. The van der Waals surface area contributed by atoms with Crippen molar-refractivity contribution in [2.24, 2.45) is 11.8 Å². The van der Waals surface area contributed by atoms with Crippen LogP contribution >= 0.6 is 0 Å². The molecule has 0 spiro atoms. The predicted molar refractivity (Wildman–Crippen MR) is 65.3 cm³/mol. The predicted octanol–water partition coefficient (Wildman–Crippen LogP) is 2.62. The molecule has 3 nitrogen and oxygen atoms in total. The van der Waals surface area contributed by atoms with Crippen LogP contribution in [-0.2, 0) is 0 Å². The average Bonchev–Trinajstić information content (AvgIpc) is 2.90. The first-order valence-corrected chi connectivity index (χ1v) is 6.73. The molecule has 0 heterocycles. The van der Waals surface area contributed by atoms with E-state index in [-0.39, 0.29) is 6.03 Å². The number of urea groups is 1. The van der Waals surface area contributed by atoms with Gasteiger partial charge in [-0.1, -0.05) is 19.8 Å². The van der Waals surface area contributed by atoms with Crippen molar-refractivity contribution in [3.8, 4) is 0 Å². The number of hydrogen-bond donors (Lipinski definition) is 1. The molecule has 0 aliphatic heterocycles. The summed E-state index contributed by atoms with van der Waals surface area (Å²) in [6.07, 6.45) is 7.54. The van der Waals surface area contributed by atoms with E-state index in [2.05, 4.69) is 12.2 Å². The molecule has 3 atom stereocenters. The maximum absolute atomic E-state index is 11.9. The van der Waals surface area contributed by atoms with Crippen LogP contribution in [0.4, 0.5) is 4.79 Å². The second-order valence-corrected chi connectivity index (χ2v) is 5.44. The highest BCUT2D eigenvalue weighted by atomic mass is 16.2. The Morgan fingerprint density at radius 2 is 2.19 bits per heavy atom. The van der Waals surface area contributed by atoms with E-state index in [0.717, 1.165) is 31.2 Å². The SMILES string of the molecule is CCCCNC(=O)N(C)[C@@H]1C[C@@H]2CC[C@H]1C2. The maximum Gasteiger partial charge on any atom is 0.317 e. The minimum atomic E-state index is 0.131. The fraction of sp³-hybridized carbons (Fsp3) is 0.923. The summed E-state index contributed by atoms with van der Waals surface area (Å²) < 4.78 is 0. The monoisotopic (exact) mass is 224 g/mol. The number of nitrogens with one attached hydrogen (secondary N) is 1. The molecule has 92 valence electrons. The molecule has 2 rings (SSSR count). The Labute approximate surface area is 98.6 Å². The van der Waals surface area contributed by atoms with E-state index in [0.29, 0.717) is 6.04 Å². The molecule has 2 saturated carbocycles. The van der Waals surface area contributed by atoms with Crippen molar-refractivity contribution in [3.05, 3.63) is 0 Å². The molecule has 2 amide bonds. The number of fused-ring (bicyclic) bond motifs is 2. The van der Waals surface area contributed by atoms with Crippen LogP contribution in [-0.4, -0.2) is 30.6 Å². The Hall–Kier alpha value is -0.730. The van der Waals surface area contributed by atoms with Crippen molar-refractivity contribution in [1.82, 2.24) is 10.2 Å². The summed E-state index contributed by atoms with van der Waals surface area (Å²) in [6.45, 7) is 2.96. The molecule has 0 aromatic rings. The Bertz CT molecular complexity index is 254. The van der Waals surface area contributed by atoms with Gasteiger partial charge in [-0.15, -0.1) is 0 Å². The van der Waals surface area contributed by atoms with Gasteiger partial charge in [0, 0.05) is 19.6 Å². The number of carbonyl (C=O) groups excluding carboxylic acids is 1. The number of unbranched alkanes of at least 4 members (excludes halogenated alkanes) is 1. The molecule has 16 heavy (non-hydrogen) atoms. The lowest BCUT2D eigenvalue weighted by Crippen LogP contribution is -2.46. The molecular weight excluding hydrogens is 200 g/mol. The molecule has 3 heteroatoms. The van der Waals surface area contributed by atoms with E-state index >= 15 is 0 Å². The highest BCUT2D eigenvalue weighted by Gasteiger charge is 2.42. The largest absolute Gasteiger partial charge is 0.338 e. The second-order valence-electron chi connectivity index (χ2n) is 5.44. The standard InChI is InChI=1S/C13H24N2O/c1-3-4-7-14-13(16)15(2)12-9-10-5-6-11(12)8-10/h10-12H,3-9H2,1-2H3,(H,14,16)/t10-,11+,12-/m1/s1. The van der Waals surface area contributed by atoms with Gasteiger partial charge in [-0.05, 0) is 37.5 Å². The lowest BCUT2D eigenvalue weighted by molar-refractivity contribution is 0.166. The van der Waals surface area contributed by atoms with Crippen molar-refractivity contribution in [2.45, 2.75) is 51.5 Å². The number of amides is 2. The average molecular weight is 224 g/mol. The number of rotatable bonds is 4. The fourth-order valence-electron chi connectivity index (χ4n) is 3.33. The molecule has 0 aromatic carbocycles. The Morgan fingerprint density at radius 1 is 1.38 bits per heavy atom. The van der Waals surface area contributed by atoms with Crippen LogP contribution in [0.3, 0.4) is 0 Å². The molecule has 0 aromatic heterocycles. The molecule has 0 saturated heterocycles. The van der Waals surface area contributed by atoms with Gasteiger partial charge in [-0.25, -0.2) is 4.79 Å². The molecule has 0 radical (unpaired) electrons. The molecule has 0 unspecified atom stereocenters. The summed E-state index contributed by atoms with van der Waals surface area (Å²) in [7, 11) is 1.96. The summed E-state index contributed by atoms with van der Waals surface area (Å²) in [6, 6.07) is 0.645. The quantitative estimate of drug-likeness (QED) is 0.731. The third-order valence-electron chi connectivity index (χ3n) is 4.33. The van der Waals surface area contributed by atoms with Crippen LogP contribution in [0.2, 0.25) is 0 Å². The highest BCUT2D eigenvalue weighted by Crippen LogP contribution is 2.46. The van der Waals surface area contributed by atoms with Crippen molar-refractivity contribution < 1.29 is 4.79 Å². The second kappa shape index (κ2) is 5.07. The van der Waals surface area contributed by atoms with Crippen molar-refractivity contribution in [3.63, 3.8) is 0 Å². The highest BCUT2D eigenvalue weighted by molar-refractivity contribution is 5.74. The van der Waals surface area contributed by atoms with Crippen molar-refractivity contribution in [2.75, 3.05) is 13.6 Å². The first-order chi connectivity index (χ1) is 7.72. The van der Waals surface area contributed by atoms with Gasteiger partial charge in [-0.2, -0.15) is 0 Å². The van der Waals surface area contributed by atoms with Crippen LogP contribution in [0.1, 0.15) is 45.4 Å². The zero-order valence-electron chi connectivity index (χ0n) is 10.5. The molecular formula is C13H24N2O. The molecule has 2 bridgehead atoms. The fourth-order valence-corrected chi connectivity index (χ4v) is 3.33. The number of carbonyl (C=O) groups is 1. The van der Waals surface area contributed by atoms with Gasteiger partial charge in [0.25, 0.3) is 0 Å². The number of hydrogen-bond acceptors (Lipinski definition) is 1. The number of nitrogens with zero attached hydrogens (tertiary/aromatic N) is 1. The maximum atomic E-state index is 11.9. The minimum absolute atomic E-state index is 0.131. The van der Waals surface area contributed by atoms with Gasteiger partial charge in [0.05, 0.1) is 0 Å².